The van der Waals surface area contributed by atoms with Crippen LogP contribution in [-0.2, 0) is 27.8 Å². The summed E-state index contributed by atoms with van der Waals surface area (Å²) in [6, 6.07) is 3.72. The van der Waals surface area contributed by atoms with Gasteiger partial charge < -0.3 is 9.84 Å². The van der Waals surface area contributed by atoms with E-state index in [9.17, 15) is 13.5 Å². The number of benzene rings is 1. The Morgan fingerprint density at radius 2 is 2.16 bits per heavy atom. The van der Waals surface area contributed by atoms with Crippen molar-refractivity contribution < 1.29 is 18.3 Å². The topological polar surface area (TPSA) is 63.6 Å². The predicted octanol–water partition coefficient (Wildman–Crippen LogP) is 0.868. The number of thioether (sulfide) groups is 1. The van der Waals surface area contributed by atoms with E-state index in [0.29, 0.717) is 6.61 Å². The summed E-state index contributed by atoms with van der Waals surface area (Å²) in [6.45, 7) is 0.538. The summed E-state index contributed by atoms with van der Waals surface area (Å²) in [5.74, 6) is 0. The van der Waals surface area contributed by atoms with Crippen LogP contribution >= 0.6 is 11.8 Å². The number of ether oxygens (including phenoxy) is 1. The Kier molecular flexibility index (Phi) is 6.38. The van der Waals surface area contributed by atoms with Crippen molar-refractivity contribution in [2.75, 3.05) is 19.1 Å². The molecule has 1 aromatic carbocycles. The van der Waals surface area contributed by atoms with Crippen molar-refractivity contribution in [2.45, 2.75) is 23.4 Å². The molecule has 7 heteroatoms. The fourth-order valence-corrected chi connectivity index (χ4v) is 3.81. The third-order valence-corrected chi connectivity index (χ3v) is 5.35. The number of fused-ring (bicyclic) bond motifs is 1. The summed E-state index contributed by atoms with van der Waals surface area (Å²) in [4.78, 5) is 0.967. The molecule has 0 saturated carbocycles. The predicted molar refractivity (Wildman–Crippen MR) is 78.5 cm³/mol. The van der Waals surface area contributed by atoms with Crippen LogP contribution in [0.25, 0.3) is 0 Å². The first-order chi connectivity index (χ1) is 8.47. The zero-order chi connectivity index (χ0) is 13.3. The summed E-state index contributed by atoms with van der Waals surface area (Å²) in [6.07, 6.45) is 3.15. The molecule has 1 aliphatic rings. The number of rotatable bonds is 3. The molecular formula is C12H17NaO4S2. The number of hydrogen-bond acceptors (Lipinski definition) is 5. The second kappa shape index (κ2) is 6.93. The minimum atomic E-state index is -3.20. The van der Waals surface area contributed by atoms with E-state index < -0.39 is 15.1 Å². The number of aliphatic hydroxyl groups excluding tert-OH is 1. The summed E-state index contributed by atoms with van der Waals surface area (Å²) < 4.78 is 28.9. The van der Waals surface area contributed by atoms with Crippen LogP contribution in [0.15, 0.2) is 17.0 Å². The minimum absolute atomic E-state index is 0. The first-order valence-corrected chi connectivity index (χ1v) is 8.72. The Morgan fingerprint density at radius 3 is 2.68 bits per heavy atom. The van der Waals surface area contributed by atoms with E-state index in [1.54, 1.807) is 6.07 Å². The molecule has 0 aliphatic carbocycles. The molecule has 4 nitrogen and oxygen atoms in total. The number of aliphatic hydroxyl groups is 1. The van der Waals surface area contributed by atoms with Crippen LogP contribution in [0.4, 0.5) is 0 Å². The molecule has 1 aromatic rings. The summed E-state index contributed by atoms with van der Waals surface area (Å²) in [5.41, 5.74) is 2.45. The molecule has 19 heavy (non-hydrogen) atoms. The van der Waals surface area contributed by atoms with Gasteiger partial charge in [0.15, 0.2) is 9.84 Å². The second-order valence-corrected chi connectivity index (χ2v) is 7.43. The standard InChI is InChI=1S/C12H16O4S2.Na.H/c1-17-11-4-9-6-16-7-12(18(2,14)15)10(9)3-8(11)5-13;;/h3-4,12-13H,5-7H2,1-2H3;;. The van der Waals surface area contributed by atoms with Gasteiger partial charge in [-0.05, 0) is 29.0 Å². The molecule has 1 N–H and O–H groups in total. The Morgan fingerprint density at radius 1 is 1.47 bits per heavy atom. The van der Waals surface area contributed by atoms with Crippen LogP contribution in [0.3, 0.4) is 0 Å². The first-order valence-electron chi connectivity index (χ1n) is 5.54. The molecule has 102 valence electrons. The van der Waals surface area contributed by atoms with E-state index in [1.807, 2.05) is 12.3 Å². The third kappa shape index (κ3) is 3.75. The van der Waals surface area contributed by atoms with E-state index in [-0.39, 0.29) is 42.8 Å². The van der Waals surface area contributed by atoms with Gasteiger partial charge in [-0.1, -0.05) is 6.07 Å². The monoisotopic (exact) mass is 312 g/mol. The summed E-state index contributed by atoms with van der Waals surface area (Å²) >= 11 is 1.54. The van der Waals surface area contributed by atoms with Crippen molar-refractivity contribution in [1.82, 2.24) is 0 Å². The molecule has 1 unspecified atom stereocenters. The van der Waals surface area contributed by atoms with E-state index in [1.165, 1.54) is 18.0 Å². The normalized spacial score (nSPS) is 18.6. The fourth-order valence-electron chi connectivity index (χ4n) is 2.14. The molecule has 0 radical (unpaired) electrons. The van der Waals surface area contributed by atoms with Gasteiger partial charge in [0.2, 0.25) is 0 Å². The van der Waals surface area contributed by atoms with Crippen molar-refractivity contribution in [3.05, 3.63) is 28.8 Å². The molecule has 1 aliphatic heterocycles. The Labute approximate surface area is 140 Å². The van der Waals surface area contributed by atoms with E-state index in [2.05, 4.69) is 0 Å². The number of hydrogen-bond donors (Lipinski definition) is 1. The van der Waals surface area contributed by atoms with Crippen molar-refractivity contribution in [3.8, 4) is 0 Å². The molecule has 0 saturated heterocycles. The first kappa shape index (κ1) is 17.5. The van der Waals surface area contributed by atoms with Gasteiger partial charge in [-0.15, -0.1) is 11.8 Å². The van der Waals surface area contributed by atoms with Gasteiger partial charge in [0.1, 0.15) is 5.25 Å². The maximum absolute atomic E-state index is 11.8. The third-order valence-electron chi connectivity index (χ3n) is 3.10. The van der Waals surface area contributed by atoms with Crippen LogP contribution in [-0.4, -0.2) is 62.2 Å². The van der Waals surface area contributed by atoms with Gasteiger partial charge in [0, 0.05) is 11.2 Å². The van der Waals surface area contributed by atoms with Gasteiger partial charge in [-0.2, -0.15) is 0 Å². The average Bonchev–Trinajstić information content (AvgIpc) is 2.35. The maximum atomic E-state index is 11.8. The van der Waals surface area contributed by atoms with Crippen LogP contribution in [0.1, 0.15) is 21.9 Å². The van der Waals surface area contributed by atoms with Crippen LogP contribution in [0.2, 0.25) is 0 Å². The van der Waals surface area contributed by atoms with E-state index >= 15 is 0 Å². The van der Waals surface area contributed by atoms with Crippen molar-refractivity contribution in [3.63, 3.8) is 0 Å². The van der Waals surface area contributed by atoms with E-state index in [4.69, 9.17) is 4.74 Å². The average molecular weight is 312 g/mol. The molecule has 1 heterocycles. The molecular weight excluding hydrogens is 295 g/mol. The van der Waals surface area contributed by atoms with Crippen molar-refractivity contribution in [2.24, 2.45) is 0 Å². The van der Waals surface area contributed by atoms with Gasteiger partial charge in [0.25, 0.3) is 0 Å². The van der Waals surface area contributed by atoms with Gasteiger partial charge in [-0.25, -0.2) is 8.42 Å². The summed E-state index contributed by atoms with van der Waals surface area (Å²) in [5, 5.41) is 8.72. The van der Waals surface area contributed by atoms with Crippen LogP contribution in [0, 0.1) is 0 Å². The molecule has 2 rings (SSSR count). The zero-order valence-electron chi connectivity index (χ0n) is 10.3. The molecule has 0 spiro atoms. The van der Waals surface area contributed by atoms with Crippen LogP contribution < -0.4 is 0 Å². The quantitative estimate of drug-likeness (QED) is 0.663. The number of sulfone groups is 1. The Balaban J connectivity index is 0.00000180. The van der Waals surface area contributed by atoms with E-state index in [0.717, 1.165) is 21.6 Å². The Hall–Kier alpha value is 0.440. The molecule has 0 fully saturated rings. The molecule has 1 atom stereocenters. The Bertz CT molecular complexity index is 557. The van der Waals surface area contributed by atoms with Crippen molar-refractivity contribution >= 4 is 51.2 Å². The fraction of sp³-hybridized carbons (Fsp3) is 0.500. The van der Waals surface area contributed by atoms with Crippen LogP contribution in [0.5, 0.6) is 0 Å². The second-order valence-electron chi connectivity index (χ2n) is 4.35. The van der Waals surface area contributed by atoms with Gasteiger partial charge in [-0.3, -0.25) is 0 Å². The molecule has 0 bridgehead atoms. The molecule has 0 aromatic heterocycles. The van der Waals surface area contributed by atoms with Gasteiger partial charge in [0.05, 0.1) is 19.8 Å². The van der Waals surface area contributed by atoms with Crippen molar-refractivity contribution in [1.29, 1.82) is 0 Å². The summed E-state index contributed by atoms with van der Waals surface area (Å²) in [7, 11) is -3.20. The van der Waals surface area contributed by atoms with Gasteiger partial charge >= 0.3 is 29.6 Å². The zero-order valence-corrected chi connectivity index (χ0v) is 12.0. The SMILES string of the molecule is CSc1cc2c(cc1CO)C(S(C)(=O)=O)COC2.[NaH]. The molecule has 0 amide bonds.